The Kier molecular flexibility index (Phi) is 3.24. The van der Waals surface area contributed by atoms with Crippen LogP contribution in [0.5, 0.6) is 0 Å². The molecule has 0 aliphatic rings. The summed E-state index contributed by atoms with van der Waals surface area (Å²) in [4.78, 5) is 11.5. The summed E-state index contributed by atoms with van der Waals surface area (Å²) in [6.07, 6.45) is 0. The Balaban J connectivity index is 2.91. The Morgan fingerprint density at radius 1 is 1.27 bits per heavy atom. The lowest BCUT2D eigenvalue weighted by molar-refractivity contribution is 0.108. The maximum atomic E-state index is 10.6. The molecule has 0 aliphatic carbocycles. The molecule has 0 bridgehead atoms. The molecule has 1 nitrogen and oxygen atoms in total. The zero-order valence-corrected chi connectivity index (χ0v) is 7.71. The van der Waals surface area contributed by atoms with Gasteiger partial charge in [-0.05, 0) is 57.5 Å². The van der Waals surface area contributed by atoms with E-state index < -0.39 is 5.24 Å². The molecule has 0 spiro atoms. The van der Waals surface area contributed by atoms with Gasteiger partial charge in [0, 0.05) is 10.5 Å². The topological polar surface area (TPSA) is 17.1 Å². The van der Waals surface area contributed by atoms with Gasteiger partial charge in [-0.3, -0.25) is 4.79 Å². The fourth-order valence-electron chi connectivity index (χ4n) is 0.637. The predicted octanol–water partition coefficient (Wildman–Crippen LogP) is 3.31. The number of hydrogen-bond acceptors (Lipinski definition) is 2. The highest BCUT2D eigenvalue weighted by atomic mass is 35.7. The minimum atomic E-state index is -0.448. The van der Waals surface area contributed by atoms with E-state index in [2.05, 4.69) is 0 Å². The molecule has 0 aromatic heterocycles. The fourth-order valence-corrected chi connectivity index (χ4v) is 1.31. The van der Waals surface area contributed by atoms with Crippen molar-refractivity contribution in [3.05, 3.63) is 29.8 Å². The van der Waals surface area contributed by atoms with Gasteiger partial charge in [0.15, 0.2) is 0 Å². The van der Waals surface area contributed by atoms with Gasteiger partial charge in [-0.2, -0.15) is 0 Å². The average molecular weight is 207 g/mol. The molecule has 0 unspecified atom stereocenters. The largest absolute Gasteiger partial charge is 0.276 e. The average Bonchev–Trinajstić information content (AvgIpc) is 2.05. The van der Waals surface area contributed by atoms with Crippen LogP contribution >= 0.6 is 33.3 Å². The van der Waals surface area contributed by atoms with Gasteiger partial charge < -0.3 is 0 Å². The van der Waals surface area contributed by atoms with Crippen molar-refractivity contribution in [3.63, 3.8) is 0 Å². The van der Waals surface area contributed by atoms with Crippen molar-refractivity contribution in [2.45, 2.75) is 4.90 Å². The summed E-state index contributed by atoms with van der Waals surface area (Å²) in [5.74, 6) is 0. The maximum Gasteiger partial charge on any atom is 0.252 e. The van der Waals surface area contributed by atoms with Crippen LogP contribution in [0, 0.1) is 0 Å². The molecule has 0 aliphatic heterocycles. The lowest BCUT2D eigenvalue weighted by Gasteiger charge is -1.94. The van der Waals surface area contributed by atoms with Crippen LogP contribution < -0.4 is 0 Å². The number of carbonyl (C=O) groups excluding carboxylic acids is 1. The third-order valence-electron chi connectivity index (χ3n) is 1.17. The Labute approximate surface area is 78.2 Å². The van der Waals surface area contributed by atoms with Gasteiger partial charge in [-0.1, -0.05) is 0 Å². The first kappa shape index (κ1) is 8.91. The van der Waals surface area contributed by atoms with Crippen LogP contribution in [0.1, 0.15) is 10.4 Å². The maximum absolute atomic E-state index is 10.6. The molecule has 11 heavy (non-hydrogen) atoms. The Morgan fingerprint density at radius 2 is 1.82 bits per heavy atom. The van der Waals surface area contributed by atoms with Crippen molar-refractivity contribution in [1.29, 1.82) is 0 Å². The minimum Gasteiger partial charge on any atom is -0.276 e. The first-order valence-electron chi connectivity index (χ1n) is 2.82. The molecule has 1 aromatic rings. The van der Waals surface area contributed by atoms with Crippen LogP contribution in [0.25, 0.3) is 0 Å². The summed E-state index contributed by atoms with van der Waals surface area (Å²) in [6, 6.07) is 6.76. The summed E-state index contributed by atoms with van der Waals surface area (Å²) >= 11 is 5.22. The van der Waals surface area contributed by atoms with Gasteiger partial charge in [0.2, 0.25) is 0 Å². The highest BCUT2D eigenvalue weighted by Crippen LogP contribution is 2.21. The van der Waals surface area contributed by atoms with Crippen molar-refractivity contribution in [2.75, 3.05) is 0 Å². The summed E-state index contributed by atoms with van der Waals surface area (Å²) in [5.41, 5.74) is 0.487. The molecular formula is C7H4Cl2OS. The van der Waals surface area contributed by atoms with E-state index in [1.165, 1.54) is 0 Å². The fraction of sp³-hybridized carbons (Fsp3) is 0. The van der Waals surface area contributed by atoms with Crippen LogP contribution in [0.4, 0.5) is 0 Å². The predicted molar refractivity (Wildman–Crippen MR) is 48.3 cm³/mol. The van der Waals surface area contributed by atoms with Gasteiger partial charge in [0.05, 0.1) is 0 Å². The number of rotatable bonds is 2. The summed E-state index contributed by atoms with van der Waals surface area (Å²) in [6.45, 7) is 0. The normalized spacial score (nSPS) is 9.64. The smallest absolute Gasteiger partial charge is 0.252 e. The SMILES string of the molecule is O=C(Cl)c1ccc(SCl)cc1. The molecular weight excluding hydrogens is 203 g/mol. The first-order chi connectivity index (χ1) is 5.24. The Hall–Kier alpha value is -0.180. The van der Waals surface area contributed by atoms with E-state index in [-0.39, 0.29) is 0 Å². The Morgan fingerprint density at radius 3 is 2.18 bits per heavy atom. The van der Waals surface area contributed by atoms with E-state index in [4.69, 9.17) is 22.3 Å². The van der Waals surface area contributed by atoms with Gasteiger partial charge >= 0.3 is 0 Å². The molecule has 0 N–H and O–H groups in total. The highest BCUT2D eigenvalue weighted by molar-refractivity contribution is 8.21. The second-order valence-corrected chi connectivity index (χ2v) is 3.31. The lowest BCUT2D eigenvalue weighted by atomic mass is 10.2. The molecule has 0 radical (unpaired) electrons. The van der Waals surface area contributed by atoms with E-state index in [1.807, 2.05) is 0 Å². The number of benzene rings is 1. The monoisotopic (exact) mass is 206 g/mol. The number of carbonyl (C=O) groups is 1. The minimum absolute atomic E-state index is 0.448. The Bertz CT molecular complexity index is 258. The van der Waals surface area contributed by atoms with E-state index in [0.29, 0.717) is 5.56 Å². The van der Waals surface area contributed by atoms with E-state index in [0.717, 1.165) is 15.9 Å². The van der Waals surface area contributed by atoms with E-state index >= 15 is 0 Å². The molecule has 1 rings (SSSR count). The third kappa shape index (κ3) is 2.40. The lowest BCUT2D eigenvalue weighted by Crippen LogP contribution is -1.86. The van der Waals surface area contributed by atoms with Crippen LogP contribution in [0.2, 0.25) is 0 Å². The molecule has 58 valence electrons. The third-order valence-corrected chi connectivity index (χ3v) is 2.37. The van der Waals surface area contributed by atoms with Gasteiger partial charge in [-0.25, -0.2) is 0 Å². The van der Waals surface area contributed by atoms with E-state index in [1.54, 1.807) is 24.3 Å². The summed E-state index contributed by atoms with van der Waals surface area (Å²) < 4.78 is 0. The van der Waals surface area contributed by atoms with Gasteiger partial charge in [0.25, 0.3) is 5.24 Å². The van der Waals surface area contributed by atoms with Crippen LogP contribution in [-0.4, -0.2) is 5.24 Å². The quantitative estimate of drug-likeness (QED) is 0.692. The van der Waals surface area contributed by atoms with Crippen molar-refractivity contribution in [2.24, 2.45) is 0 Å². The van der Waals surface area contributed by atoms with Crippen LogP contribution in [0.15, 0.2) is 29.2 Å². The second-order valence-electron chi connectivity index (χ2n) is 1.88. The molecule has 0 heterocycles. The zero-order chi connectivity index (χ0) is 8.27. The molecule has 0 saturated carbocycles. The van der Waals surface area contributed by atoms with Gasteiger partial charge in [-0.15, -0.1) is 0 Å². The summed E-state index contributed by atoms with van der Waals surface area (Å²) in [7, 11) is 6.56. The first-order valence-corrected chi connectivity index (χ1v) is 4.84. The molecule has 0 atom stereocenters. The standard InChI is InChI=1S/C7H4Cl2OS/c8-7(10)5-1-3-6(11-9)4-2-5/h1-4H. The summed E-state index contributed by atoms with van der Waals surface area (Å²) in [5, 5.41) is -0.448. The molecule has 0 amide bonds. The van der Waals surface area contributed by atoms with E-state index in [9.17, 15) is 4.79 Å². The van der Waals surface area contributed by atoms with Crippen molar-refractivity contribution >= 4 is 38.5 Å². The number of halogens is 2. The highest BCUT2D eigenvalue weighted by Gasteiger charge is 1.99. The molecule has 4 heteroatoms. The molecule has 1 aromatic carbocycles. The van der Waals surface area contributed by atoms with Crippen molar-refractivity contribution in [3.8, 4) is 0 Å². The van der Waals surface area contributed by atoms with Gasteiger partial charge in [0.1, 0.15) is 0 Å². The van der Waals surface area contributed by atoms with Crippen molar-refractivity contribution < 1.29 is 4.79 Å². The van der Waals surface area contributed by atoms with Crippen LogP contribution in [0.3, 0.4) is 0 Å². The van der Waals surface area contributed by atoms with Crippen LogP contribution in [-0.2, 0) is 0 Å². The number of hydrogen-bond donors (Lipinski definition) is 0. The van der Waals surface area contributed by atoms with Crippen molar-refractivity contribution in [1.82, 2.24) is 0 Å². The molecule has 0 saturated heterocycles. The zero-order valence-electron chi connectivity index (χ0n) is 5.38. The molecule has 0 fully saturated rings. The second kappa shape index (κ2) is 4.00.